The van der Waals surface area contributed by atoms with E-state index < -0.39 is 11.9 Å². The normalized spacial score (nSPS) is 13.4. The highest BCUT2D eigenvalue weighted by Crippen LogP contribution is 2.22. The van der Waals surface area contributed by atoms with Gasteiger partial charge < -0.3 is 20.9 Å². The fourth-order valence-electron chi connectivity index (χ4n) is 1.64. The molecule has 0 aromatic heterocycles. The molecule has 6 heteroatoms. The molecule has 1 rings (SSSR count). The Balaban J connectivity index is 3.04. The molecule has 0 spiro atoms. The van der Waals surface area contributed by atoms with Crippen molar-refractivity contribution >= 4 is 11.5 Å². The quantitative estimate of drug-likeness (QED) is 0.319. The number of anilines is 1. The summed E-state index contributed by atoms with van der Waals surface area (Å²) in [6, 6.07) is 4.48. The van der Waals surface area contributed by atoms with Crippen LogP contribution in [0.1, 0.15) is 18.9 Å². The lowest BCUT2D eigenvalue weighted by atomic mass is 10.1. The number of aliphatic hydroxyl groups is 1. The molecule has 1 aromatic carbocycles. The van der Waals surface area contributed by atoms with Gasteiger partial charge in [0.1, 0.15) is 5.82 Å². The second-order valence-electron chi connectivity index (χ2n) is 4.18. The van der Waals surface area contributed by atoms with Gasteiger partial charge in [-0.3, -0.25) is 0 Å². The minimum absolute atomic E-state index is 0.0630. The van der Waals surface area contributed by atoms with E-state index in [0.29, 0.717) is 18.7 Å². The summed E-state index contributed by atoms with van der Waals surface area (Å²) in [6.45, 7) is 2.22. The average molecular weight is 255 g/mol. The van der Waals surface area contributed by atoms with Crippen molar-refractivity contribution in [3.05, 3.63) is 29.6 Å². The Morgan fingerprint density at radius 2 is 2.22 bits per heavy atom. The number of nitrogens with zero attached hydrogens (tertiary/aromatic N) is 2. The van der Waals surface area contributed by atoms with Crippen LogP contribution in [0.15, 0.2) is 23.4 Å². The standard InChI is InChI=1S/C12H18FN3O2/c1-8(17)6-7-16(2)10-5-3-4-9(13)11(10)12(14)15-18/h3-5,8,17-18H,6-7H2,1-2H3,(H2,14,15). The van der Waals surface area contributed by atoms with Crippen molar-refractivity contribution in [1.82, 2.24) is 0 Å². The minimum Gasteiger partial charge on any atom is -0.409 e. The van der Waals surface area contributed by atoms with Gasteiger partial charge in [0.2, 0.25) is 0 Å². The molecule has 1 atom stereocenters. The van der Waals surface area contributed by atoms with E-state index in [-0.39, 0.29) is 11.4 Å². The molecule has 100 valence electrons. The lowest BCUT2D eigenvalue weighted by Gasteiger charge is -2.22. The van der Waals surface area contributed by atoms with Crippen molar-refractivity contribution in [2.24, 2.45) is 10.9 Å². The second kappa shape index (κ2) is 6.20. The SMILES string of the molecule is CC(O)CCN(C)c1cccc(F)c1/C(N)=N/O. The molecule has 0 aliphatic heterocycles. The molecule has 5 nitrogen and oxygen atoms in total. The second-order valence-corrected chi connectivity index (χ2v) is 4.18. The number of hydrogen-bond acceptors (Lipinski definition) is 4. The van der Waals surface area contributed by atoms with Gasteiger partial charge >= 0.3 is 0 Å². The number of halogens is 1. The first-order valence-electron chi connectivity index (χ1n) is 5.63. The van der Waals surface area contributed by atoms with Crippen molar-refractivity contribution in [3.63, 3.8) is 0 Å². The smallest absolute Gasteiger partial charge is 0.175 e. The Kier molecular flexibility index (Phi) is 4.91. The number of oxime groups is 1. The van der Waals surface area contributed by atoms with E-state index in [2.05, 4.69) is 5.16 Å². The van der Waals surface area contributed by atoms with E-state index in [1.54, 1.807) is 31.0 Å². The van der Waals surface area contributed by atoms with Crippen molar-refractivity contribution < 1.29 is 14.7 Å². The third-order valence-electron chi connectivity index (χ3n) is 2.65. The van der Waals surface area contributed by atoms with Crippen LogP contribution in [0.2, 0.25) is 0 Å². The van der Waals surface area contributed by atoms with Gasteiger partial charge in [-0.15, -0.1) is 0 Å². The zero-order valence-corrected chi connectivity index (χ0v) is 10.5. The van der Waals surface area contributed by atoms with Gasteiger partial charge in [-0.05, 0) is 25.5 Å². The summed E-state index contributed by atoms with van der Waals surface area (Å²) in [5, 5.41) is 20.7. The molecule has 0 aliphatic carbocycles. The summed E-state index contributed by atoms with van der Waals surface area (Å²) in [5.74, 6) is -0.821. The third kappa shape index (κ3) is 3.33. The van der Waals surface area contributed by atoms with E-state index in [1.807, 2.05) is 0 Å². The molecule has 0 amide bonds. The Hall–Kier alpha value is -1.82. The highest BCUT2D eigenvalue weighted by molar-refractivity contribution is 6.02. The molecule has 0 radical (unpaired) electrons. The summed E-state index contributed by atoms with van der Waals surface area (Å²) in [5.41, 5.74) is 6.06. The molecule has 0 fully saturated rings. The number of benzene rings is 1. The van der Waals surface area contributed by atoms with Crippen LogP contribution >= 0.6 is 0 Å². The highest BCUT2D eigenvalue weighted by atomic mass is 19.1. The third-order valence-corrected chi connectivity index (χ3v) is 2.65. The maximum atomic E-state index is 13.7. The van der Waals surface area contributed by atoms with Crippen LogP contribution in [0, 0.1) is 5.82 Å². The zero-order chi connectivity index (χ0) is 13.7. The van der Waals surface area contributed by atoms with Gasteiger partial charge in [0.15, 0.2) is 5.84 Å². The lowest BCUT2D eigenvalue weighted by molar-refractivity contribution is 0.187. The number of amidine groups is 1. The maximum absolute atomic E-state index is 13.7. The first-order valence-corrected chi connectivity index (χ1v) is 5.63. The fraction of sp³-hybridized carbons (Fsp3) is 0.417. The number of hydrogen-bond donors (Lipinski definition) is 3. The van der Waals surface area contributed by atoms with Crippen molar-refractivity contribution in [3.8, 4) is 0 Å². The first-order chi connectivity index (χ1) is 8.47. The summed E-state index contributed by atoms with van der Waals surface area (Å²) in [4.78, 5) is 1.75. The molecule has 1 aromatic rings. The van der Waals surface area contributed by atoms with Crippen LogP contribution < -0.4 is 10.6 Å². The van der Waals surface area contributed by atoms with E-state index in [4.69, 9.17) is 10.9 Å². The van der Waals surface area contributed by atoms with Crippen LogP contribution in [0.3, 0.4) is 0 Å². The van der Waals surface area contributed by atoms with Crippen LogP contribution in [-0.4, -0.2) is 35.8 Å². The van der Waals surface area contributed by atoms with Gasteiger partial charge in [-0.1, -0.05) is 11.2 Å². The number of nitrogens with two attached hydrogens (primary N) is 1. The van der Waals surface area contributed by atoms with E-state index in [9.17, 15) is 9.50 Å². The van der Waals surface area contributed by atoms with E-state index in [1.165, 1.54) is 6.07 Å². The Morgan fingerprint density at radius 3 is 2.78 bits per heavy atom. The van der Waals surface area contributed by atoms with Gasteiger partial charge in [0.25, 0.3) is 0 Å². The molecule has 0 bridgehead atoms. The van der Waals surface area contributed by atoms with Gasteiger partial charge in [0.05, 0.1) is 17.4 Å². The highest BCUT2D eigenvalue weighted by Gasteiger charge is 2.16. The minimum atomic E-state index is -0.549. The molecule has 1 unspecified atom stereocenters. The molecule has 0 heterocycles. The monoisotopic (exact) mass is 255 g/mol. The molecular weight excluding hydrogens is 237 g/mol. The van der Waals surface area contributed by atoms with Crippen LogP contribution in [0.5, 0.6) is 0 Å². The Morgan fingerprint density at radius 1 is 1.56 bits per heavy atom. The van der Waals surface area contributed by atoms with E-state index in [0.717, 1.165) is 0 Å². The fourth-order valence-corrected chi connectivity index (χ4v) is 1.64. The van der Waals surface area contributed by atoms with Gasteiger partial charge in [-0.2, -0.15) is 0 Å². The largest absolute Gasteiger partial charge is 0.409 e. The number of rotatable bonds is 5. The van der Waals surface area contributed by atoms with Crippen LogP contribution in [-0.2, 0) is 0 Å². The molecule has 0 saturated carbocycles. The van der Waals surface area contributed by atoms with Crippen LogP contribution in [0.4, 0.5) is 10.1 Å². The van der Waals surface area contributed by atoms with Gasteiger partial charge in [-0.25, -0.2) is 4.39 Å². The summed E-state index contributed by atoms with van der Waals surface area (Å²) in [7, 11) is 1.76. The van der Waals surface area contributed by atoms with Crippen molar-refractivity contribution in [2.45, 2.75) is 19.4 Å². The van der Waals surface area contributed by atoms with Crippen LogP contribution in [0.25, 0.3) is 0 Å². The van der Waals surface area contributed by atoms with Crippen molar-refractivity contribution in [1.29, 1.82) is 0 Å². The van der Waals surface area contributed by atoms with Gasteiger partial charge in [0, 0.05) is 13.6 Å². The molecule has 0 saturated heterocycles. The summed E-state index contributed by atoms with van der Waals surface area (Å²) < 4.78 is 13.7. The predicted octanol–water partition coefficient (Wildman–Crippen LogP) is 1.13. The molecular formula is C12H18FN3O2. The molecule has 18 heavy (non-hydrogen) atoms. The number of aliphatic hydroxyl groups excluding tert-OH is 1. The first kappa shape index (κ1) is 14.2. The molecule has 4 N–H and O–H groups in total. The maximum Gasteiger partial charge on any atom is 0.175 e. The Labute approximate surface area is 105 Å². The molecule has 0 aliphatic rings. The average Bonchev–Trinajstić information content (AvgIpc) is 2.34. The topological polar surface area (TPSA) is 82.1 Å². The predicted molar refractivity (Wildman–Crippen MR) is 68.5 cm³/mol. The van der Waals surface area contributed by atoms with Crippen molar-refractivity contribution in [2.75, 3.05) is 18.5 Å². The van der Waals surface area contributed by atoms with E-state index >= 15 is 0 Å². The Bertz CT molecular complexity index is 435. The lowest BCUT2D eigenvalue weighted by Crippen LogP contribution is -2.26. The summed E-state index contributed by atoms with van der Waals surface area (Å²) in [6.07, 6.45) is 0.108. The zero-order valence-electron chi connectivity index (χ0n) is 10.5. The summed E-state index contributed by atoms with van der Waals surface area (Å²) >= 11 is 0.